The van der Waals surface area contributed by atoms with E-state index in [2.05, 4.69) is 10.6 Å². The number of aryl methyl sites for hydroxylation is 1. The van der Waals surface area contributed by atoms with Crippen LogP contribution in [0.3, 0.4) is 0 Å². The quantitative estimate of drug-likeness (QED) is 0.530. The molecule has 0 aromatic carbocycles. The van der Waals surface area contributed by atoms with Gasteiger partial charge in [-0.25, -0.2) is 4.79 Å². The fourth-order valence-electron chi connectivity index (χ4n) is 3.39. The zero-order valence-corrected chi connectivity index (χ0v) is 18.3. The second-order valence-corrected chi connectivity index (χ2v) is 8.77. The summed E-state index contributed by atoms with van der Waals surface area (Å²) >= 11 is 1.32. The van der Waals surface area contributed by atoms with Crippen LogP contribution < -0.4 is 16.4 Å². The number of amides is 3. The van der Waals surface area contributed by atoms with Crippen LogP contribution in [-0.4, -0.2) is 35.8 Å². The predicted octanol–water partition coefficient (Wildman–Crippen LogP) is 2.25. The Bertz CT molecular complexity index is 995. The van der Waals surface area contributed by atoms with Gasteiger partial charge in [-0.15, -0.1) is 11.3 Å². The van der Waals surface area contributed by atoms with Crippen LogP contribution in [0.5, 0.6) is 0 Å². The molecule has 1 unspecified atom stereocenters. The number of esters is 1. The van der Waals surface area contributed by atoms with Crippen LogP contribution in [0, 0.1) is 5.92 Å². The van der Waals surface area contributed by atoms with E-state index in [0.717, 1.165) is 29.7 Å². The lowest BCUT2D eigenvalue weighted by Crippen LogP contribution is -2.47. The van der Waals surface area contributed by atoms with E-state index < -0.39 is 35.8 Å². The molecule has 0 bridgehead atoms. The zero-order chi connectivity index (χ0) is 22.7. The number of fused-ring (bicyclic) bond motifs is 1. The fourth-order valence-corrected chi connectivity index (χ4v) is 4.68. The number of nitrogens with one attached hydrogen (secondary N) is 2. The lowest BCUT2D eigenvalue weighted by atomic mass is 10.0. The number of hydrogen-bond donors (Lipinski definition) is 3. The summed E-state index contributed by atoms with van der Waals surface area (Å²) in [7, 11) is 0. The van der Waals surface area contributed by atoms with Gasteiger partial charge in [-0.1, -0.05) is 13.8 Å². The van der Waals surface area contributed by atoms with Crippen LogP contribution in [0.25, 0.3) is 0 Å². The van der Waals surface area contributed by atoms with Crippen LogP contribution in [0.1, 0.15) is 58.5 Å². The first-order valence-corrected chi connectivity index (χ1v) is 10.8. The van der Waals surface area contributed by atoms with E-state index in [9.17, 15) is 19.2 Å². The number of thiophene rings is 1. The number of rotatable bonds is 8. The molecular formula is C21H25N3O6S. The monoisotopic (exact) mass is 447 g/mol. The Balaban J connectivity index is 1.65. The molecule has 2 atom stereocenters. The summed E-state index contributed by atoms with van der Waals surface area (Å²) in [5, 5.41) is 5.59. The summed E-state index contributed by atoms with van der Waals surface area (Å²) in [5.41, 5.74) is 6.72. The first kappa shape index (κ1) is 22.5. The molecule has 166 valence electrons. The highest BCUT2D eigenvalue weighted by Crippen LogP contribution is 2.38. The topological polar surface area (TPSA) is 141 Å². The molecule has 0 saturated carbocycles. The molecule has 0 spiro atoms. The van der Waals surface area contributed by atoms with E-state index in [4.69, 9.17) is 14.9 Å². The van der Waals surface area contributed by atoms with Gasteiger partial charge in [0.1, 0.15) is 11.0 Å². The molecule has 4 N–H and O–H groups in total. The number of ether oxygens (including phenoxy) is 1. The second-order valence-electron chi connectivity index (χ2n) is 7.67. The highest BCUT2D eigenvalue weighted by molar-refractivity contribution is 7.17. The van der Waals surface area contributed by atoms with Gasteiger partial charge in [0.25, 0.3) is 17.7 Å². The van der Waals surface area contributed by atoms with Gasteiger partial charge in [-0.2, -0.15) is 0 Å². The van der Waals surface area contributed by atoms with Gasteiger partial charge < -0.3 is 25.5 Å². The molecule has 2 aromatic rings. The molecule has 0 fully saturated rings. The number of carbonyl (C=O) groups is 4. The molecule has 3 rings (SSSR count). The number of anilines is 1. The zero-order valence-electron chi connectivity index (χ0n) is 17.5. The predicted molar refractivity (Wildman–Crippen MR) is 114 cm³/mol. The number of furan rings is 1. The molecule has 10 heteroatoms. The van der Waals surface area contributed by atoms with E-state index in [1.165, 1.54) is 30.6 Å². The second kappa shape index (κ2) is 9.34. The summed E-state index contributed by atoms with van der Waals surface area (Å²) < 4.78 is 10.3. The maximum Gasteiger partial charge on any atom is 0.329 e. The molecule has 1 aliphatic carbocycles. The Labute approximate surface area is 183 Å². The molecule has 2 aromatic heterocycles. The number of primary amides is 1. The smallest absolute Gasteiger partial charge is 0.329 e. The van der Waals surface area contributed by atoms with Gasteiger partial charge in [-0.3, -0.25) is 14.4 Å². The number of carbonyl (C=O) groups excluding carboxylic acids is 4. The number of hydrogen-bond acceptors (Lipinski definition) is 7. The van der Waals surface area contributed by atoms with Gasteiger partial charge in [0.2, 0.25) is 0 Å². The van der Waals surface area contributed by atoms with E-state index in [0.29, 0.717) is 10.6 Å². The largest absolute Gasteiger partial charge is 0.459 e. The first-order valence-electron chi connectivity index (χ1n) is 9.99. The van der Waals surface area contributed by atoms with Crippen molar-refractivity contribution in [3.05, 3.63) is 40.2 Å². The summed E-state index contributed by atoms with van der Waals surface area (Å²) in [6.45, 7) is 4.90. The van der Waals surface area contributed by atoms with Crippen molar-refractivity contribution < 1.29 is 28.3 Å². The van der Waals surface area contributed by atoms with E-state index in [1.54, 1.807) is 19.9 Å². The Morgan fingerprint density at radius 3 is 2.55 bits per heavy atom. The molecular weight excluding hydrogens is 422 g/mol. The van der Waals surface area contributed by atoms with Crippen LogP contribution in [0.2, 0.25) is 0 Å². The molecule has 2 heterocycles. The lowest BCUT2D eigenvalue weighted by Gasteiger charge is -2.22. The Hall–Kier alpha value is -3.14. The SMILES string of the molecule is CC(OC(=O)[C@@H](NC(=O)c1ccco1)C(C)C)C(=O)Nc1sc2c(c1C(N)=O)CCC2. The minimum Gasteiger partial charge on any atom is -0.459 e. The summed E-state index contributed by atoms with van der Waals surface area (Å²) in [6, 6.07) is 2.06. The van der Waals surface area contributed by atoms with Gasteiger partial charge in [0.15, 0.2) is 11.9 Å². The molecule has 1 aliphatic rings. The highest BCUT2D eigenvalue weighted by atomic mass is 32.1. The van der Waals surface area contributed by atoms with Crippen molar-refractivity contribution in [1.82, 2.24) is 5.32 Å². The molecule has 31 heavy (non-hydrogen) atoms. The Morgan fingerprint density at radius 1 is 1.19 bits per heavy atom. The van der Waals surface area contributed by atoms with Crippen LogP contribution in [-0.2, 0) is 27.2 Å². The standard InChI is InChI=1S/C21H25N3O6S/c1-10(2)16(23-19(27)13-7-5-9-29-13)21(28)30-11(3)18(26)24-20-15(17(22)25)12-6-4-8-14(12)31-20/h5,7,9-11,16H,4,6,8H2,1-3H3,(H2,22,25)(H,23,27)(H,24,26)/t11?,16-/m0/s1. The van der Waals surface area contributed by atoms with Crippen molar-refractivity contribution >= 4 is 40.0 Å². The number of nitrogens with two attached hydrogens (primary N) is 1. The maximum absolute atomic E-state index is 12.6. The molecule has 0 aliphatic heterocycles. The Morgan fingerprint density at radius 2 is 1.94 bits per heavy atom. The van der Waals surface area contributed by atoms with Crippen molar-refractivity contribution in [3.63, 3.8) is 0 Å². The Kier molecular flexibility index (Phi) is 6.79. The van der Waals surface area contributed by atoms with Crippen molar-refractivity contribution in [2.24, 2.45) is 11.7 Å². The molecule has 9 nitrogen and oxygen atoms in total. The summed E-state index contributed by atoms with van der Waals surface area (Å²) in [5.74, 6) is -2.72. The van der Waals surface area contributed by atoms with Gasteiger partial charge in [-0.05, 0) is 49.8 Å². The molecule has 3 amide bonds. The minimum atomic E-state index is -1.15. The van der Waals surface area contributed by atoms with Gasteiger partial charge >= 0.3 is 5.97 Å². The van der Waals surface area contributed by atoms with Crippen LogP contribution >= 0.6 is 11.3 Å². The van der Waals surface area contributed by atoms with E-state index in [1.807, 2.05) is 0 Å². The third-order valence-corrected chi connectivity index (χ3v) is 6.23. The van der Waals surface area contributed by atoms with Crippen molar-refractivity contribution in [2.75, 3.05) is 5.32 Å². The minimum absolute atomic E-state index is 0.0639. The van der Waals surface area contributed by atoms with Crippen molar-refractivity contribution in [2.45, 2.75) is 52.2 Å². The maximum atomic E-state index is 12.6. The highest BCUT2D eigenvalue weighted by Gasteiger charge is 2.31. The van der Waals surface area contributed by atoms with Crippen LogP contribution in [0.4, 0.5) is 5.00 Å². The average Bonchev–Trinajstić information content (AvgIpc) is 3.42. The summed E-state index contributed by atoms with van der Waals surface area (Å²) in [6.07, 6.45) is 2.74. The first-order chi connectivity index (χ1) is 14.7. The van der Waals surface area contributed by atoms with Gasteiger partial charge in [0.05, 0.1) is 11.8 Å². The van der Waals surface area contributed by atoms with Crippen LogP contribution in [0.15, 0.2) is 22.8 Å². The van der Waals surface area contributed by atoms with Gasteiger partial charge in [0, 0.05) is 4.88 Å². The average molecular weight is 448 g/mol. The van der Waals surface area contributed by atoms with Crippen molar-refractivity contribution in [3.8, 4) is 0 Å². The third-order valence-electron chi connectivity index (χ3n) is 5.02. The van der Waals surface area contributed by atoms with E-state index in [-0.39, 0.29) is 11.7 Å². The molecule has 0 saturated heterocycles. The third kappa shape index (κ3) is 4.96. The van der Waals surface area contributed by atoms with E-state index >= 15 is 0 Å². The molecule has 0 radical (unpaired) electrons. The summed E-state index contributed by atoms with van der Waals surface area (Å²) in [4.78, 5) is 50.4. The fraction of sp³-hybridized carbons (Fsp3) is 0.429. The van der Waals surface area contributed by atoms with Crippen molar-refractivity contribution in [1.29, 1.82) is 0 Å². The normalized spacial score (nSPS) is 14.6. The lowest BCUT2D eigenvalue weighted by molar-refractivity contribution is -0.156.